The number of aliphatic hydroxyl groups is 3. The van der Waals surface area contributed by atoms with E-state index in [1.807, 2.05) is 40.7 Å². The first-order valence-corrected chi connectivity index (χ1v) is 22.5. The van der Waals surface area contributed by atoms with Gasteiger partial charge in [-0.1, -0.05) is 82.2 Å². The molecule has 0 radical (unpaired) electrons. The summed E-state index contributed by atoms with van der Waals surface area (Å²) in [5, 5.41) is 35.9. The van der Waals surface area contributed by atoms with Crippen LogP contribution < -0.4 is 5.73 Å². The van der Waals surface area contributed by atoms with Gasteiger partial charge in [0.15, 0.2) is 18.2 Å². The number of primary amides is 1. The Balaban J connectivity index is 2.02. The van der Waals surface area contributed by atoms with Gasteiger partial charge in [-0.3, -0.25) is 9.59 Å². The van der Waals surface area contributed by atoms with Crippen molar-refractivity contribution in [2.45, 2.75) is 175 Å². The van der Waals surface area contributed by atoms with E-state index >= 15 is 0 Å². The number of aliphatic hydroxyl groups excluding tert-OH is 2. The molecule has 3 aliphatic heterocycles. The highest BCUT2D eigenvalue weighted by atomic mass is 16.7. The molecule has 3 aliphatic rings. The monoisotopic (exact) mass is 922 g/mol. The van der Waals surface area contributed by atoms with Crippen LogP contribution in [0.4, 0.5) is 4.79 Å². The molecular formula is C48H75NO16. The van der Waals surface area contributed by atoms with Crippen molar-refractivity contribution >= 4 is 24.0 Å². The second-order valence-electron chi connectivity index (χ2n) is 18.0. The van der Waals surface area contributed by atoms with E-state index in [0.717, 1.165) is 5.57 Å². The maximum atomic E-state index is 14.0. The highest BCUT2D eigenvalue weighted by Gasteiger charge is 2.53. The smallest absolute Gasteiger partial charge is 0.404 e. The summed E-state index contributed by atoms with van der Waals surface area (Å²) < 4.78 is 53.0. The molecule has 0 aromatic carbocycles. The van der Waals surface area contributed by atoms with Crippen LogP contribution in [0.25, 0.3) is 0 Å². The number of hydrogen-bond acceptors (Lipinski definition) is 16. The summed E-state index contributed by atoms with van der Waals surface area (Å²) in [6.07, 6.45) is 1.72. The predicted molar refractivity (Wildman–Crippen MR) is 238 cm³/mol. The zero-order valence-electron chi connectivity index (χ0n) is 40.3. The lowest BCUT2D eigenvalue weighted by Gasteiger charge is -2.50. The van der Waals surface area contributed by atoms with Crippen LogP contribution in [0.2, 0.25) is 0 Å². The number of cyclic esters (lactones) is 1. The third-order valence-electron chi connectivity index (χ3n) is 12.6. The van der Waals surface area contributed by atoms with Crippen LogP contribution in [0.3, 0.4) is 0 Å². The maximum Gasteiger partial charge on any atom is 0.404 e. The summed E-state index contributed by atoms with van der Waals surface area (Å²) in [7, 11) is 2.77. The van der Waals surface area contributed by atoms with Gasteiger partial charge in [0, 0.05) is 63.9 Å². The van der Waals surface area contributed by atoms with Gasteiger partial charge in [-0.2, -0.15) is 0 Å². The Morgan fingerprint density at radius 1 is 0.985 bits per heavy atom. The van der Waals surface area contributed by atoms with Crippen molar-refractivity contribution in [2.24, 2.45) is 35.3 Å². The quantitative estimate of drug-likeness (QED) is 0.108. The first-order valence-electron chi connectivity index (χ1n) is 22.5. The van der Waals surface area contributed by atoms with Gasteiger partial charge in [-0.15, -0.1) is 0 Å². The Morgan fingerprint density at radius 3 is 2.22 bits per heavy atom. The Labute approximate surface area is 384 Å². The van der Waals surface area contributed by atoms with E-state index in [1.165, 1.54) is 34.1 Å². The molecule has 0 aromatic rings. The molecule has 17 heteroatoms. The highest BCUT2D eigenvalue weighted by molar-refractivity contribution is 5.87. The van der Waals surface area contributed by atoms with Gasteiger partial charge in [0.1, 0.15) is 24.4 Å². The van der Waals surface area contributed by atoms with E-state index in [2.05, 4.69) is 0 Å². The van der Waals surface area contributed by atoms with E-state index in [0.29, 0.717) is 12.0 Å². The van der Waals surface area contributed by atoms with Crippen LogP contribution in [-0.2, 0) is 57.0 Å². The van der Waals surface area contributed by atoms with Crippen molar-refractivity contribution in [1.82, 2.24) is 0 Å². The molecule has 0 spiro atoms. The van der Waals surface area contributed by atoms with Crippen LogP contribution in [-0.4, -0.2) is 127 Å². The lowest BCUT2D eigenvalue weighted by atomic mass is 9.77. The Morgan fingerprint density at radius 2 is 1.63 bits per heavy atom. The number of hydrogen-bond donors (Lipinski definition) is 4. The molecule has 368 valence electrons. The number of amides is 1. The van der Waals surface area contributed by atoms with Crippen molar-refractivity contribution in [1.29, 1.82) is 0 Å². The third kappa shape index (κ3) is 15.8. The number of ether oxygens (including phenoxy) is 9. The van der Waals surface area contributed by atoms with E-state index in [4.69, 9.17) is 48.4 Å². The number of rotatable bonds is 12. The number of carbonyl (C=O) groups is 4. The predicted octanol–water partition coefficient (Wildman–Crippen LogP) is 5.49. The first kappa shape index (κ1) is 55.2. The van der Waals surface area contributed by atoms with Gasteiger partial charge in [0.05, 0.1) is 37.6 Å². The third-order valence-corrected chi connectivity index (χ3v) is 12.6. The summed E-state index contributed by atoms with van der Waals surface area (Å²) in [6, 6.07) is 0. The van der Waals surface area contributed by atoms with Crippen LogP contribution >= 0.6 is 0 Å². The molecule has 1 amide bonds. The van der Waals surface area contributed by atoms with Crippen molar-refractivity contribution in [2.75, 3.05) is 14.2 Å². The van der Waals surface area contributed by atoms with Crippen LogP contribution in [0.15, 0.2) is 59.4 Å². The van der Waals surface area contributed by atoms with Crippen molar-refractivity contribution in [3.05, 3.63) is 59.4 Å². The molecule has 0 aromatic heterocycles. The Kier molecular flexibility index (Phi) is 21.4. The summed E-state index contributed by atoms with van der Waals surface area (Å²) in [5.74, 6) is -6.89. The molecule has 0 saturated carbocycles. The highest BCUT2D eigenvalue weighted by Crippen LogP contribution is 2.42. The minimum atomic E-state index is -2.01. The normalized spacial score (nSPS) is 38.9. The Hall–Kier alpha value is -4.10. The fourth-order valence-corrected chi connectivity index (χ4v) is 8.84. The maximum absolute atomic E-state index is 14.0. The average molecular weight is 922 g/mol. The van der Waals surface area contributed by atoms with Crippen molar-refractivity contribution < 1.29 is 77.1 Å². The molecule has 2 fully saturated rings. The number of esters is 3. The van der Waals surface area contributed by atoms with Gasteiger partial charge in [-0.05, 0) is 46.1 Å². The standard InChI is InChI=1S/C48H75NO16/c1-14-16-36-29(6)41(62-42-23-39(61-34(11)51)45(32(9)59-42)64-47(49)55)24-48(56,65-36)31(8)43(53)30(7)44-37(57-12)18-15-17-25(2)19-28(5)38(60-33(10)50)22-35(52)27(4)20-26(3)21-40(58-13)46(54)63-44/h14-18,20-21,27-32,35-39,41-45,52-53,56H,19,22-24H2,1-13H3,(H2,49,55)/b16-14+,18-15+,25-17+,26-20+,40-21-/t27-,28-,29-,30+,31+,32+,35+,36-,37+,38-,39+,41-,42-,43-,44-,45+,48-/m1/s1. The van der Waals surface area contributed by atoms with Crippen LogP contribution in [0.1, 0.15) is 102 Å². The zero-order valence-corrected chi connectivity index (χ0v) is 40.3. The minimum Gasteiger partial charge on any atom is -0.490 e. The second kappa shape index (κ2) is 25.1. The zero-order chi connectivity index (χ0) is 48.9. The molecule has 3 rings (SSSR count). The molecule has 3 heterocycles. The lowest BCUT2D eigenvalue weighted by Crippen LogP contribution is -2.59. The molecular weight excluding hydrogens is 847 g/mol. The van der Waals surface area contributed by atoms with Crippen molar-refractivity contribution in [3.8, 4) is 0 Å². The number of allylic oxidation sites excluding steroid dienone is 6. The van der Waals surface area contributed by atoms with Crippen LogP contribution in [0.5, 0.6) is 0 Å². The second-order valence-corrected chi connectivity index (χ2v) is 18.0. The fraction of sp³-hybridized carbons (Fsp3) is 0.708. The topological polar surface area (TPSA) is 238 Å². The molecule has 2 saturated heterocycles. The van der Waals surface area contributed by atoms with Gasteiger partial charge >= 0.3 is 24.0 Å². The summed E-state index contributed by atoms with van der Waals surface area (Å²) >= 11 is 0. The number of nitrogens with two attached hydrogens (primary N) is 1. The molecule has 0 unspecified atom stereocenters. The van der Waals surface area contributed by atoms with E-state index in [9.17, 15) is 34.5 Å². The van der Waals surface area contributed by atoms with Gasteiger partial charge in [-0.25, -0.2) is 9.59 Å². The van der Waals surface area contributed by atoms with Gasteiger partial charge in [0.2, 0.25) is 5.76 Å². The van der Waals surface area contributed by atoms with Gasteiger partial charge < -0.3 is 63.7 Å². The fourth-order valence-electron chi connectivity index (χ4n) is 8.84. The largest absolute Gasteiger partial charge is 0.490 e. The average Bonchev–Trinajstić information content (AvgIpc) is 3.21. The van der Waals surface area contributed by atoms with Crippen LogP contribution in [0, 0.1) is 29.6 Å². The van der Waals surface area contributed by atoms with E-state index in [-0.39, 0.29) is 36.9 Å². The molecule has 0 bridgehead atoms. The molecule has 17 nitrogen and oxygen atoms in total. The summed E-state index contributed by atoms with van der Waals surface area (Å²) in [5.41, 5.74) is 6.83. The van der Waals surface area contributed by atoms with Gasteiger partial charge in [0.25, 0.3) is 0 Å². The number of carbonyl (C=O) groups excluding carboxylic acids is 4. The van der Waals surface area contributed by atoms with E-state index < -0.39 is 115 Å². The molecule has 5 N–H and O–H groups in total. The molecule has 0 aliphatic carbocycles. The SMILES string of the molecule is C/C=C/[C@H]1O[C@@](O)([C@@H](C)[C@H](O)[C@H](C)[C@H]2OC(=O)/C(OC)=C/C(C)=C/[C@@H](C)[C@@H](O)C[C@@H](OC(C)=O)[C@H](C)C/C(C)=C/C=C/[C@@H]2OC)C[C@@H](O[C@@H]2C[C@H](OC(C)=O)[C@@H](OC(N)=O)[C@H](C)O2)[C@@H]1C. The Bertz CT molecular complexity index is 1760. The molecule has 65 heavy (non-hydrogen) atoms. The summed E-state index contributed by atoms with van der Waals surface area (Å²) in [4.78, 5) is 49.8. The minimum absolute atomic E-state index is 0.0103. The lowest BCUT2D eigenvalue weighted by molar-refractivity contribution is -0.339. The van der Waals surface area contributed by atoms with E-state index in [1.54, 1.807) is 58.1 Å². The molecule has 17 atom stereocenters. The number of methoxy groups -OCH3 is 2. The van der Waals surface area contributed by atoms with Crippen molar-refractivity contribution in [3.63, 3.8) is 0 Å². The first-order chi connectivity index (χ1) is 30.4. The summed E-state index contributed by atoms with van der Waals surface area (Å²) in [6.45, 7) is 18.7.